The molecular weight excluding hydrogens is 277 g/mol. The molecule has 1 fully saturated rings. The lowest BCUT2D eigenvalue weighted by Gasteiger charge is -2.33. The predicted octanol–water partition coefficient (Wildman–Crippen LogP) is 2.22. The van der Waals surface area contributed by atoms with Gasteiger partial charge in [0.05, 0.1) is 6.42 Å². The molecule has 1 saturated heterocycles. The lowest BCUT2D eigenvalue weighted by atomic mass is 9.95. The number of piperidine rings is 1. The molecular formula is C12H19F3N2O3. The topological polar surface area (TPSA) is 69.6 Å². The third kappa shape index (κ3) is 6.12. The summed E-state index contributed by atoms with van der Waals surface area (Å²) in [5.41, 5.74) is 0. The summed E-state index contributed by atoms with van der Waals surface area (Å²) in [5.74, 6) is -1.06. The first-order valence-electron chi connectivity index (χ1n) is 6.51. The van der Waals surface area contributed by atoms with Crippen molar-refractivity contribution in [2.24, 2.45) is 5.92 Å². The number of urea groups is 1. The minimum atomic E-state index is -4.32. The second-order valence-corrected chi connectivity index (χ2v) is 5.22. The number of carboxylic acid groups (broad SMARTS) is 1. The van der Waals surface area contributed by atoms with Crippen LogP contribution in [0, 0.1) is 5.92 Å². The molecule has 0 aliphatic carbocycles. The van der Waals surface area contributed by atoms with E-state index in [1.165, 1.54) is 11.8 Å². The van der Waals surface area contributed by atoms with Crippen molar-refractivity contribution in [2.45, 2.75) is 44.8 Å². The van der Waals surface area contributed by atoms with E-state index >= 15 is 0 Å². The van der Waals surface area contributed by atoms with E-state index in [9.17, 15) is 22.8 Å². The molecule has 0 aromatic carbocycles. The van der Waals surface area contributed by atoms with Gasteiger partial charge in [-0.1, -0.05) is 0 Å². The van der Waals surface area contributed by atoms with Crippen molar-refractivity contribution in [1.82, 2.24) is 10.2 Å². The summed E-state index contributed by atoms with van der Waals surface area (Å²) >= 11 is 0. The van der Waals surface area contributed by atoms with Crippen LogP contribution in [0.5, 0.6) is 0 Å². The number of carboxylic acids is 1. The summed E-state index contributed by atoms with van der Waals surface area (Å²) in [6.07, 6.45) is -4.04. The summed E-state index contributed by atoms with van der Waals surface area (Å²) in [5, 5.41) is 11.0. The number of likely N-dealkylation sites (tertiary alicyclic amines) is 1. The van der Waals surface area contributed by atoms with Gasteiger partial charge in [-0.15, -0.1) is 0 Å². The Kier molecular flexibility index (Phi) is 5.64. The lowest BCUT2D eigenvalue weighted by Crippen LogP contribution is -2.49. The second-order valence-electron chi connectivity index (χ2n) is 5.22. The van der Waals surface area contributed by atoms with Gasteiger partial charge >= 0.3 is 18.2 Å². The zero-order valence-electron chi connectivity index (χ0n) is 11.2. The van der Waals surface area contributed by atoms with Gasteiger partial charge in [0.25, 0.3) is 0 Å². The molecule has 2 N–H and O–H groups in total. The van der Waals surface area contributed by atoms with Gasteiger partial charge in [-0.2, -0.15) is 13.2 Å². The molecule has 1 rings (SSSR count). The van der Waals surface area contributed by atoms with E-state index in [1.54, 1.807) is 0 Å². The van der Waals surface area contributed by atoms with E-state index in [0.717, 1.165) is 0 Å². The lowest BCUT2D eigenvalue weighted by molar-refractivity contribution is -0.139. The SMILES string of the molecule is CC(CC(F)(F)F)NC(=O)N1CCCC(CC(=O)O)C1. The molecule has 5 nitrogen and oxygen atoms in total. The summed E-state index contributed by atoms with van der Waals surface area (Å²) in [4.78, 5) is 23.9. The van der Waals surface area contributed by atoms with Crippen LogP contribution in [0.4, 0.5) is 18.0 Å². The summed E-state index contributed by atoms with van der Waals surface area (Å²) in [7, 11) is 0. The molecule has 1 aliphatic rings. The summed E-state index contributed by atoms with van der Waals surface area (Å²) in [6.45, 7) is 2.02. The molecule has 1 heterocycles. The van der Waals surface area contributed by atoms with Crippen molar-refractivity contribution in [2.75, 3.05) is 13.1 Å². The average Bonchev–Trinajstić information content (AvgIpc) is 2.25. The number of nitrogens with zero attached hydrogens (tertiary/aromatic N) is 1. The molecule has 0 bridgehead atoms. The Morgan fingerprint density at radius 3 is 2.65 bits per heavy atom. The van der Waals surface area contributed by atoms with E-state index in [-0.39, 0.29) is 18.9 Å². The van der Waals surface area contributed by atoms with Gasteiger partial charge in [-0.05, 0) is 25.7 Å². The number of nitrogens with one attached hydrogen (secondary N) is 1. The van der Waals surface area contributed by atoms with E-state index in [4.69, 9.17) is 5.11 Å². The highest BCUT2D eigenvalue weighted by Gasteiger charge is 2.32. The molecule has 20 heavy (non-hydrogen) atoms. The maximum Gasteiger partial charge on any atom is 0.391 e. The molecule has 2 unspecified atom stereocenters. The van der Waals surface area contributed by atoms with Gasteiger partial charge in [0.1, 0.15) is 0 Å². The van der Waals surface area contributed by atoms with Crippen LogP contribution in [0.1, 0.15) is 32.6 Å². The van der Waals surface area contributed by atoms with Gasteiger partial charge in [-0.3, -0.25) is 4.79 Å². The van der Waals surface area contributed by atoms with Crippen LogP contribution in [0.3, 0.4) is 0 Å². The molecule has 1 aliphatic heterocycles. The van der Waals surface area contributed by atoms with Crippen molar-refractivity contribution in [1.29, 1.82) is 0 Å². The maximum atomic E-state index is 12.2. The largest absolute Gasteiger partial charge is 0.481 e. The van der Waals surface area contributed by atoms with Crippen LogP contribution in [0.2, 0.25) is 0 Å². The first-order chi connectivity index (χ1) is 9.17. The first-order valence-corrected chi connectivity index (χ1v) is 6.51. The second kappa shape index (κ2) is 6.81. The predicted molar refractivity (Wildman–Crippen MR) is 65.2 cm³/mol. The molecule has 116 valence electrons. The Balaban J connectivity index is 2.44. The highest BCUT2D eigenvalue weighted by molar-refractivity contribution is 5.74. The summed E-state index contributed by atoms with van der Waals surface area (Å²) < 4.78 is 36.5. The zero-order chi connectivity index (χ0) is 15.3. The van der Waals surface area contributed by atoms with E-state index in [1.807, 2.05) is 0 Å². The smallest absolute Gasteiger partial charge is 0.391 e. The number of rotatable bonds is 4. The first kappa shape index (κ1) is 16.6. The van der Waals surface area contributed by atoms with Crippen LogP contribution in [0.15, 0.2) is 0 Å². The van der Waals surface area contributed by atoms with E-state index in [2.05, 4.69) is 5.32 Å². The third-order valence-corrected chi connectivity index (χ3v) is 3.18. The average molecular weight is 296 g/mol. The Bertz CT molecular complexity index is 360. The van der Waals surface area contributed by atoms with Crippen molar-refractivity contribution in [3.05, 3.63) is 0 Å². The molecule has 0 aromatic heterocycles. The van der Waals surface area contributed by atoms with Gasteiger partial charge in [-0.25, -0.2) is 4.79 Å². The Hall–Kier alpha value is -1.47. The normalized spacial score (nSPS) is 21.4. The molecule has 2 atom stereocenters. The molecule has 0 saturated carbocycles. The molecule has 0 radical (unpaired) electrons. The number of hydrogen-bond donors (Lipinski definition) is 2. The van der Waals surface area contributed by atoms with Crippen LogP contribution in [0.25, 0.3) is 0 Å². The Morgan fingerprint density at radius 1 is 1.45 bits per heavy atom. The quantitative estimate of drug-likeness (QED) is 0.835. The molecule has 0 spiro atoms. The molecule has 8 heteroatoms. The van der Waals surface area contributed by atoms with Crippen LogP contribution >= 0.6 is 0 Å². The van der Waals surface area contributed by atoms with Gasteiger partial charge in [0, 0.05) is 25.6 Å². The van der Waals surface area contributed by atoms with Gasteiger partial charge < -0.3 is 15.3 Å². The minimum absolute atomic E-state index is 0.0259. The Labute approximate surface area is 115 Å². The number of hydrogen-bond acceptors (Lipinski definition) is 2. The van der Waals surface area contributed by atoms with Crippen molar-refractivity contribution >= 4 is 12.0 Å². The number of carbonyl (C=O) groups is 2. The van der Waals surface area contributed by atoms with Crippen LogP contribution < -0.4 is 5.32 Å². The van der Waals surface area contributed by atoms with E-state index in [0.29, 0.717) is 19.4 Å². The highest BCUT2D eigenvalue weighted by atomic mass is 19.4. The zero-order valence-corrected chi connectivity index (χ0v) is 11.2. The maximum absolute atomic E-state index is 12.2. The summed E-state index contributed by atoms with van der Waals surface area (Å²) in [6, 6.07) is -1.56. The fraction of sp³-hybridized carbons (Fsp3) is 0.833. The number of halogens is 3. The number of carbonyl (C=O) groups excluding carboxylic acids is 1. The number of alkyl halides is 3. The van der Waals surface area contributed by atoms with Gasteiger partial charge in [0.2, 0.25) is 0 Å². The van der Waals surface area contributed by atoms with E-state index < -0.39 is 30.6 Å². The third-order valence-electron chi connectivity index (χ3n) is 3.18. The van der Waals surface area contributed by atoms with Crippen molar-refractivity contribution in [3.63, 3.8) is 0 Å². The molecule has 0 aromatic rings. The van der Waals surface area contributed by atoms with Crippen molar-refractivity contribution < 1.29 is 27.9 Å². The fourth-order valence-electron chi connectivity index (χ4n) is 2.36. The van der Waals surface area contributed by atoms with Crippen LogP contribution in [-0.2, 0) is 4.79 Å². The molecule has 2 amide bonds. The van der Waals surface area contributed by atoms with Crippen molar-refractivity contribution in [3.8, 4) is 0 Å². The number of amides is 2. The van der Waals surface area contributed by atoms with Gasteiger partial charge in [0.15, 0.2) is 0 Å². The Morgan fingerprint density at radius 2 is 2.10 bits per heavy atom. The number of aliphatic carboxylic acids is 1. The fourth-order valence-corrected chi connectivity index (χ4v) is 2.36. The minimum Gasteiger partial charge on any atom is -0.481 e. The van der Waals surface area contributed by atoms with Crippen LogP contribution in [-0.4, -0.2) is 47.3 Å². The monoisotopic (exact) mass is 296 g/mol. The highest BCUT2D eigenvalue weighted by Crippen LogP contribution is 2.22. The standard InChI is InChI=1S/C12H19F3N2O3/c1-8(6-12(13,14)15)16-11(20)17-4-2-3-9(7-17)5-10(18)19/h8-9H,2-7H2,1H3,(H,16,20)(H,18,19).